The second-order valence-corrected chi connectivity index (χ2v) is 26.6. The van der Waals surface area contributed by atoms with Crippen molar-refractivity contribution < 1.29 is 94.1 Å². The number of carbonyl (C=O) groups is 4. The molecule has 2 saturated heterocycles. The fraction of sp³-hybridized carbons (Fsp3) is 0.938. The third-order valence-corrected chi connectivity index (χ3v) is 18.1. The summed E-state index contributed by atoms with van der Waals surface area (Å²) in [6, 6.07) is 0. The van der Waals surface area contributed by atoms with Crippen LogP contribution in [0.1, 0.15) is 281 Å². The van der Waals surface area contributed by atoms with Gasteiger partial charge in [0.2, 0.25) is 12.6 Å². The van der Waals surface area contributed by atoms with Crippen LogP contribution in [0.4, 0.5) is 8.78 Å². The van der Waals surface area contributed by atoms with Gasteiger partial charge in [0.15, 0.2) is 12.2 Å². The van der Waals surface area contributed by atoms with Gasteiger partial charge in [-0.25, -0.2) is 17.9 Å². The van der Waals surface area contributed by atoms with Crippen molar-refractivity contribution in [2.24, 2.45) is 23.7 Å². The number of ether oxygens (including phenoxy) is 6. The molecular formula is C64H123F2NO18P2. The monoisotopic (exact) mass is 1290 g/mol. The van der Waals surface area contributed by atoms with Crippen molar-refractivity contribution in [3.8, 4) is 0 Å². The van der Waals surface area contributed by atoms with Crippen LogP contribution in [-0.4, -0.2) is 132 Å². The lowest BCUT2D eigenvalue weighted by Gasteiger charge is -2.44. The molecule has 2 heterocycles. The van der Waals surface area contributed by atoms with Crippen LogP contribution in [0.5, 0.6) is 0 Å². The number of unbranched alkanes of at least 4 members (excludes halogenated alkanes) is 30. The van der Waals surface area contributed by atoms with E-state index >= 15 is 8.78 Å². The summed E-state index contributed by atoms with van der Waals surface area (Å²) in [7, 11) is -9.85. The van der Waals surface area contributed by atoms with Gasteiger partial charge in [-0.05, 0) is 57.2 Å². The zero-order valence-electron chi connectivity index (χ0n) is 55.3. The van der Waals surface area contributed by atoms with Crippen LogP contribution >= 0.6 is 15.6 Å². The van der Waals surface area contributed by atoms with Crippen LogP contribution in [0.2, 0.25) is 0 Å². The van der Waals surface area contributed by atoms with Gasteiger partial charge in [0.1, 0.15) is 12.3 Å². The van der Waals surface area contributed by atoms with Crippen molar-refractivity contribution in [1.29, 1.82) is 0 Å². The number of phosphoric acid groups is 2. The van der Waals surface area contributed by atoms with E-state index in [1.807, 2.05) is 0 Å². The van der Waals surface area contributed by atoms with Gasteiger partial charge >= 0.3 is 27.6 Å². The molecule has 2 fully saturated rings. The lowest BCUT2D eigenvalue weighted by Crippen LogP contribution is -2.54. The summed E-state index contributed by atoms with van der Waals surface area (Å²) in [4.78, 5) is 82.4. The van der Waals surface area contributed by atoms with Crippen LogP contribution in [0.15, 0.2) is 0 Å². The number of nitrogens with zero attached hydrogens (tertiary/aromatic N) is 1. The average Bonchev–Trinajstić information content (AvgIpc) is 1.19. The van der Waals surface area contributed by atoms with Gasteiger partial charge in [-0.1, -0.05) is 241 Å². The van der Waals surface area contributed by atoms with E-state index in [4.69, 9.17) is 28.0 Å². The third-order valence-electron chi connectivity index (χ3n) is 17.1. The number of hydrogen-bond acceptors (Lipinski definition) is 15. The minimum absolute atomic E-state index is 0.303. The summed E-state index contributed by atoms with van der Waals surface area (Å²) < 4.78 is 93.6. The molecule has 0 spiro atoms. The molecule has 0 saturated carbocycles. The normalized spacial score (nSPS) is 22.9. The maximum Gasteiger partial charge on any atom is 0.472 e. The Morgan fingerprint density at radius 1 is 0.437 bits per heavy atom. The second-order valence-electron chi connectivity index (χ2n) is 24.2. The number of esters is 2. The standard InChI is InChI=1S/2C29H54FO9P.C6H15N/c2*1-23-24(2)28(37-25(3)32)29(39-40(33,34)35)38-27(23)26(30)20-18-16-14-12-10-8-6-4-5-7-9-11-13-15-17-19-21-36-22-31;1-4-7(5-2)6-3/h2*22-24,26-29H,4-21H2,1-3H3,(H2,33,34,35);4-6H2,1-3H3/t2*23-,24-,26-,27?,28?,29-;/m00./s1. The Morgan fingerprint density at radius 3 is 0.862 bits per heavy atom. The van der Waals surface area contributed by atoms with Gasteiger partial charge in [0.25, 0.3) is 12.9 Å². The van der Waals surface area contributed by atoms with E-state index in [2.05, 4.69) is 35.1 Å². The molecule has 0 radical (unpaired) electrons. The molecule has 4 N–H and O–H groups in total. The smallest absolute Gasteiger partial charge is 0.468 e. The summed E-state index contributed by atoms with van der Waals surface area (Å²) in [5.74, 6) is -2.69. The Balaban J connectivity index is 0.00000153. The van der Waals surface area contributed by atoms with Crippen LogP contribution in [-0.2, 0) is 65.8 Å². The van der Waals surface area contributed by atoms with Crippen molar-refractivity contribution in [1.82, 2.24) is 4.90 Å². The van der Waals surface area contributed by atoms with Crippen molar-refractivity contribution in [2.75, 3.05) is 32.8 Å². The molecule has 0 bridgehead atoms. The van der Waals surface area contributed by atoms with Gasteiger partial charge in [-0.2, -0.15) is 0 Å². The van der Waals surface area contributed by atoms with Gasteiger partial charge in [-0.15, -0.1) is 0 Å². The highest BCUT2D eigenvalue weighted by Gasteiger charge is 2.50. The first-order chi connectivity index (χ1) is 41.5. The Morgan fingerprint density at radius 2 is 0.667 bits per heavy atom. The molecule has 2 aliphatic heterocycles. The first-order valence-corrected chi connectivity index (χ1v) is 36.8. The maximum absolute atomic E-state index is 15.1. The average molecular weight is 1290 g/mol. The fourth-order valence-electron chi connectivity index (χ4n) is 11.5. The number of halogens is 2. The molecular weight excluding hydrogens is 1170 g/mol. The van der Waals surface area contributed by atoms with E-state index in [1.54, 1.807) is 27.7 Å². The van der Waals surface area contributed by atoms with E-state index in [1.165, 1.54) is 162 Å². The number of phosphoric ester groups is 2. The topological polar surface area (TPSA) is 260 Å². The Hall–Kier alpha value is -2.16. The van der Waals surface area contributed by atoms with Crippen LogP contribution in [0.3, 0.4) is 0 Å². The highest BCUT2D eigenvalue weighted by atomic mass is 31.2. The van der Waals surface area contributed by atoms with E-state index in [0.717, 1.165) is 64.2 Å². The summed E-state index contributed by atoms with van der Waals surface area (Å²) in [5, 5.41) is 0. The van der Waals surface area contributed by atoms with Crippen molar-refractivity contribution in [2.45, 2.75) is 330 Å². The number of rotatable bonds is 51. The van der Waals surface area contributed by atoms with Crippen LogP contribution < -0.4 is 0 Å². The highest BCUT2D eigenvalue weighted by Crippen LogP contribution is 2.46. The van der Waals surface area contributed by atoms with Crippen LogP contribution in [0.25, 0.3) is 0 Å². The van der Waals surface area contributed by atoms with Crippen molar-refractivity contribution in [3.05, 3.63) is 0 Å². The minimum atomic E-state index is -4.93. The SMILES string of the molecule is CC(=O)OC1[C@H](OP(=O)(O)O)OC([C@@H](F)CCCCCCCCCCCCCCCCCCOC=O)[C@@H](C)[C@@H]1C.CC(=O)OC1[C@H](OP(=O)(O)O)OC([C@@H](F)CCCCCCCCCCCCCCCCCCOC=O)[C@@H](C)[C@@H]1C.CCN(CC)CC. The molecule has 4 unspecified atom stereocenters. The van der Waals surface area contributed by atoms with E-state index in [-0.39, 0.29) is 11.8 Å². The van der Waals surface area contributed by atoms with E-state index in [0.29, 0.717) is 51.8 Å². The van der Waals surface area contributed by atoms with Crippen molar-refractivity contribution in [3.63, 3.8) is 0 Å². The minimum Gasteiger partial charge on any atom is -0.468 e. The lowest BCUT2D eigenvalue weighted by molar-refractivity contribution is -0.261. The van der Waals surface area contributed by atoms with Gasteiger partial charge in [0.05, 0.1) is 25.4 Å². The second kappa shape index (κ2) is 53.4. The largest absolute Gasteiger partial charge is 0.472 e. The Labute approximate surface area is 524 Å². The highest BCUT2D eigenvalue weighted by molar-refractivity contribution is 7.46. The molecule has 23 heteroatoms. The van der Waals surface area contributed by atoms with Crippen molar-refractivity contribution >= 4 is 40.5 Å². The molecule has 0 aromatic heterocycles. The predicted molar refractivity (Wildman–Crippen MR) is 336 cm³/mol. The zero-order chi connectivity index (χ0) is 65.3. The van der Waals surface area contributed by atoms with Gasteiger partial charge < -0.3 is 52.9 Å². The third kappa shape index (κ3) is 44.9. The Kier molecular flexibility index (Phi) is 52.0. The maximum atomic E-state index is 15.1. The molecule has 0 aromatic carbocycles. The van der Waals surface area contributed by atoms with E-state index in [9.17, 15) is 47.9 Å². The summed E-state index contributed by atoms with van der Waals surface area (Å²) in [6.45, 7) is 21.7. The number of hydrogen-bond donors (Lipinski definition) is 4. The molecule has 516 valence electrons. The van der Waals surface area contributed by atoms with E-state index < -0.39 is 88.8 Å². The summed E-state index contributed by atoms with van der Waals surface area (Å²) in [6.07, 6.45) is 28.3. The lowest BCUT2D eigenvalue weighted by atomic mass is 9.81. The molecule has 0 aliphatic carbocycles. The molecule has 12 atom stereocenters. The number of carbonyl (C=O) groups excluding carboxylic acids is 4. The first kappa shape index (κ1) is 84.8. The molecule has 0 amide bonds. The fourth-order valence-corrected chi connectivity index (χ4v) is 12.4. The molecule has 2 rings (SSSR count). The zero-order valence-corrected chi connectivity index (χ0v) is 57.1. The molecule has 19 nitrogen and oxygen atoms in total. The summed E-state index contributed by atoms with van der Waals surface area (Å²) >= 11 is 0. The molecule has 0 aromatic rings. The van der Waals surface area contributed by atoms with Gasteiger partial charge in [-0.3, -0.25) is 28.2 Å². The predicted octanol–water partition coefficient (Wildman–Crippen LogP) is 15.7. The summed E-state index contributed by atoms with van der Waals surface area (Å²) in [5.41, 5.74) is 0. The first-order valence-electron chi connectivity index (χ1n) is 33.7. The quantitative estimate of drug-likeness (QED) is 0.0145. The Bertz CT molecular complexity index is 1660. The van der Waals surface area contributed by atoms with Crippen LogP contribution in [0, 0.1) is 23.7 Å². The number of alkyl halides is 2. The molecule has 2 aliphatic rings. The van der Waals surface area contributed by atoms with Gasteiger partial charge in [0, 0.05) is 25.7 Å². The molecule has 87 heavy (non-hydrogen) atoms.